The monoisotopic (exact) mass is 231 g/mol. The van der Waals surface area contributed by atoms with Crippen molar-refractivity contribution >= 4 is 0 Å². The van der Waals surface area contributed by atoms with Crippen LogP contribution in [-0.4, -0.2) is 26.3 Å². The normalized spacial score (nSPS) is 24.3. The van der Waals surface area contributed by atoms with Gasteiger partial charge in [0.1, 0.15) is 0 Å². The molecule has 3 rings (SSSR count). The number of benzene rings is 1. The molecule has 0 unspecified atom stereocenters. The zero-order valence-electron chi connectivity index (χ0n) is 10.5. The summed E-state index contributed by atoms with van der Waals surface area (Å²) in [6.07, 6.45) is 2.58. The minimum atomic E-state index is 0.313. The van der Waals surface area contributed by atoms with Crippen molar-refractivity contribution in [3.63, 3.8) is 0 Å². The van der Waals surface area contributed by atoms with Crippen LogP contribution < -0.4 is 5.32 Å². The summed E-state index contributed by atoms with van der Waals surface area (Å²) in [4.78, 5) is 0. The number of ether oxygens (including phenoxy) is 1. The topological polar surface area (TPSA) is 21.3 Å². The summed E-state index contributed by atoms with van der Waals surface area (Å²) in [5, 5.41) is 3.46. The van der Waals surface area contributed by atoms with Gasteiger partial charge in [0.2, 0.25) is 0 Å². The SMILES string of the molecule is Cc1ccccc1C1(C2CCNCC2)COC1. The maximum Gasteiger partial charge on any atom is 0.0588 e. The molecule has 2 fully saturated rings. The van der Waals surface area contributed by atoms with Crippen molar-refractivity contribution in [3.05, 3.63) is 35.4 Å². The second-order valence-corrected chi connectivity index (χ2v) is 5.49. The molecule has 0 aliphatic carbocycles. The summed E-state index contributed by atoms with van der Waals surface area (Å²) in [6.45, 7) is 6.40. The number of piperidine rings is 1. The quantitative estimate of drug-likeness (QED) is 0.843. The van der Waals surface area contributed by atoms with E-state index in [1.807, 2.05) is 0 Å². The molecule has 0 saturated carbocycles. The Hall–Kier alpha value is -0.860. The molecule has 1 N–H and O–H groups in total. The van der Waals surface area contributed by atoms with Crippen LogP contribution in [-0.2, 0) is 10.2 Å². The second-order valence-electron chi connectivity index (χ2n) is 5.49. The van der Waals surface area contributed by atoms with Gasteiger partial charge in [-0.1, -0.05) is 24.3 Å². The first kappa shape index (κ1) is 11.2. The van der Waals surface area contributed by atoms with Gasteiger partial charge in [-0.3, -0.25) is 0 Å². The zero-order valence-corrected chi connectivity index (χ0v) is 10.5. The van der Waals surface area contributed by atoms with Crippen molar-refractivity contribution in [3.8, 4) is 0 Å². The van der Waals surface area contributed by atoms with E-state index in [0.29, 0.717) is 5.41 Å². The molecular formula is C15H21NO. The fraction of sp³-hybridized carbons (Fsp3) is 0.600. The molecule has 2 nitrogen and oxygen atoms in total. The summed E-state index contributed by atoms with van der Waals surface area (Å²) >= 11 is 0. The van der Waals surface area contributed by atoms with Crippen molar-refractivity contribution in [1.82, 2.24) is 5.32 Å². The minimum Gasteiger partial charge on any atom is -0.379 e. The molecule has 2 aliphatic heterocycles. The highest BCUT2D eigenvalue weighted by Crippen LogP contribution is 2.44. The lowest BCUT2D eigenvalue weighted by molar-refractivity contribution is -0.0966. The maximum absolute atomic E-state index is 5.58. The Labute approximate surface area is 103 Å². The van der Waals surface area contributed by atoms with Crippen LogP contribution in [0.1, 0.15) is 24.0 Å². The Morgan fingerprint density at radius 3 is 2.47 bits per heavy atom. The molecule has 2 heterocycles. The molecule has 0 atom stereocenters. The van der Waals surface area contributed by atoms with E-state index in [1.165, 1.54) is 24.0 Å². The van der Waals surface area contributed by atoms with E-state index in [2.05, 4.69) is 36.5 Å². The third kappa shape index (κ3) is 1.80. The molecule has 2 aliphatic rings. The third-order valence-corrected chi connectivity index (χ3v) is 4.52. The van der Waals surface area contributed by atoms with Gasteiger partial charge in [0, 0.05) is 5.41 Å². The first-order chi connectivity index (χ1) is 8.33. The average Bonchev–Trinajstić information content (AvgIpc) is 2.32. The lowest BCUT2D eigenvalue weighted by Crippen LogP contribution is -2.55. The highest BCUT2D eigenvalue weighted by Gasteiger charge is 2.47. The van der Waals surface area contributed by atoms with Gasteiger partial charge in [0.25, 0.3) is 0 Å². The largest absolute Gasteiger partial charge is 0.379 e. The third-order valence-electron chi connectivity index (χ3n) is 4.52. The molecule has 1 aromatic carbocycles. The fourth-order valence-electron chi connectivity index (χ4n) is 3.44. The number of nitrogens with one attached hydrogen (secondary N) is 1. The molecule has 1 aromatic rings. The molecule has 0 radical (unpaired) electrons. The van der Waals surface area contributed by atoms with Crippen molar-refractivity contribution in [2.45, 2.75) is 25.2 Å². The second kappa shape index (κ2) is 4.43. The molecule has 92 valence electrons. The number of hydrogen-bond donors (Lipinski definition) is 1. The van der Waals surface area contributed by atoms with Gasteiger partial charge in [0.05, 0.1) is 13.2 Å². The van der Waals surface area contributed by atoms with Crippen LogP contribution in [0.25, 0.3) is 0 Å². The van der Waals surface area contributed by atoms with Crippen molar-refractivity contribution in [2.75, 3.05) is 26.3 Å². The van der Waals surface area contributed by atoms with Gasteiger partial charge in [0.15, 0.2) is 0 Å². The minimum absolute atomic E-state index is 0.313. The molecule has 2 heteroatoms. The molecule has 17 heavy (non-hydrogen) atoms. The predicted octanol–water partition coefficient (Wildman–Crippen LogP) is 2.26. The Kier molecular flexibility index (Phi) is 2.93. The predicted molar refractivity (Wildman–Crippen MR) is 69.3 cm³/mol. The van der Waals surface area contributed by atoms with Crippen LogP contribution in [0, 0.1) is 12.8 Å². The molecule has 0 bridgehead atoms. The average molecular weight is 231 g/mol. The highest BCUT2D eigenvalue weighted by atomic mass is 16.5. The Bertz CT molecular complexity index is 392. The first-order valence-electron chi connectivity index (χ1n) is 6.67. The van der Waals surface area contributed by atoms with Crippen molar-refractivity contribution < 1.29 is 4.74 Å². The Morgan fingerprint density at radius 2 is 1.88 bits per heavy atom. The van der Waals surface area contributed by atoms with Crippen LogP contribution in [0.15, 0.2) is 24.3 Å². The van der Waals surface area contributed by atoms with Crippen LogP contribution >= 0.6 is 0 Å². The molecule has 0 amide bonds. The van der Waals surface area contributed by atoms with Crippen LogP contribution in [0.4, 0.5) is 0 Å². The van der Waals surface area contributed by atoms with Gasteiger partial charge in [-0.15, -0.1) is 0 Å². The van der Waals surface area contributed by atoms with E-state index in [4.69, 9.17) is 4.74 Å². The van der Waals surface area contributed by atoms with Gasteiger partial charge in [-0.25, -0.2) is 0 Å². The van der Waals surface area contributed by atoms with Gasteiger partial charge < -0.3 is 10.1 Å². The van der Waals surface area contributed by atoms with Gasteiger partial charge in [-0.2, -0.15) is 0 Å². The van der Waals surface area contributed by atoms with E-state index in [-0.39, 0.29) is 0 Å². The lowest BCUT2D eigenvalue weighted by Gasteiger charge is -2.49. The molecule has 0 aromatic heterocycles. The summed E-state index contributed by atoms with van der Waals surface area (Å²) < 4.78 is 5.58. The zero-order chi connectivity index (χ0) is 11.7. The van der Waals surface area contributed by atoms with Crippen LogP contribution in [0.5, 0.6) is 0 Å². The maximum atomic E-state index is 5.58. The van der Waals surface area contributed by atoms with E-state index >= 15 is 0 Å². The Balaban J connectivity index is 1.93. The highest BCUT2D eigenvalue weighted by molar-refractivity contribution is 5.36. The first-order valence-corrected chi connectivity index (χ1v) is 6.67. The van der Waals surface area contributed by atoms with E-state index in [0.717, 1.165) is 32.2 Å². The summed E-state index contributed by atoms with van der Waals surface area (Å²) in [7, 11) is 0. The number of hydrogen-bond acceptors (Lipinski definition) is 2. The number of aryl methyl sites for hydroxylation is 1. The van der Waals surface area contributed by atoms with E-state index in [9.17, 15) is 0 Å². The van der Waals surface area contributed by atoms with Crippen LogP contribution in [0.2, 0.25) is 0 Å². The molecule has 2 saturated heterocycles. The summed E-state index contributed by atoms with van der Waals surface area (Å²) in [5.74, 6) is 0.790. The van der Waals surface area contributed by atoms with Gasteiger partial charge >= 0.3 is 0 Å². The lowest BCUT2D eigenvalue weighted by atomic mass is 9.64. The summed E-state index contributed by atoms with van der Waals surface area (Å²) in [6, 6.07) is 8.84. The Morgan fingerprint density at radius 1 is 1.18 bits per heavy atom. The molecule has 0 spiro atoms. The smallest absolute Gasteiger partial charge is 0.0588 e. The standard InChI is InChI=1S/C15H21NO/c1-12-4-2-3-5-14(12)15(10-17-11-15)13-6-8-16-9-7-13/h2-5,13,16H,6-11H2,1H3. The van der Waals surface area contributed by atoms with Gasteiger partial charge in [-0.05, 0) is 49.9 Å². The van der Waals surface area contributed by atoms with Crippen molar-refractivity contribution in [1.29, 1.82) is 0 Å². The number of rotatable bonds is 2. The fourth-order valence-corrected chi connectivity index (χ4v) is 3.44. The van der Waals surface area contributed by atoms with E-state index in [1.54, 1.807) is 0 Å². The molecular weight excluding hydrogens is 210 g/mol. The summed E-state index contributed by atoms with van der Waals surface area (Å²) in [5.41, 5.74) is 3.26. The van der Waals surface area contributed by atoms with Crippen molar-refractivity contribution in [2.24, 2.45) is 5.92 Å². The van der Waals surface area contributed by atoms with E-state index < -0.39 is 0 Å². The van der Waals surface area contributed by atoms with Crippen LogP contribution in [0.3, 0.4) is 0 Å².